The number of allylic oxidation sites excluding steroid dienone is 2. The van der Waals surface area contributed by atoms with Crippen molar-refractivity contribution >= 4 is 0 Å². The highest BCUT2D eigenvalue weighted by Gasteiger charge is 2.38. The van der Waals surface area contributed by atoms with Crippen molar-refractivity contribution in [2.45, 2.75) is 30.7 Å². The summed E-state index contributed by atoms with van der Waals surface area (Å²) in [7, 11) is 0. The van der Waals surface area contributed by atoms with Crippen LogP contribution in [0.1, 0.15) is 47.6 Å². The molecule has 3 aromatic carbocycles. The van der Waals surface area contributed by atoms with Crippen LogP contribution in [0.3, 0.4) is 0 Å². The van der Waals surface area contributed by atoms with Crippen LogP contribution < -0.4 is 0 Å². The van der Waals surface area contributed by atoms with Crippen LogP contribution in [-0.2, 0) is 5.54 Å². The van der Waals surface area contributed by atoms with E-state index in [0.717, 1.165) is 12.8 Å². The van der Waals surface area contributed by atoms with Gasteiger partial charge in [-0.05, 0) is 36.0 Å². The molecule has 0 saturated heterocycles. The number of rotatable bonds is 5. The van der Waals surface area contributed by atoms with Gasteiger partial charge >= 0.3 is 0 Å². The first-order valence-corrected chi connectivity index (χ1v) is 10.7. The lowest BCUT2D eigenvalue weighted by atomic mass is 9.76. The second-order valence-electron chi connectivity index (χ2n) is 8.00. The van der Waals surface area contributed by atoms with Gasteiger partial charge in [-0.3, -0.25) is 0 Å². The van der Waals surface area contributed by atoms with Crippen molar-refractivity contribution in [3.8, 4) is 0 Å². The fourth-order valence-electron chi connectivity index (χ4n) is 4.78. The summed E-state index contributed by atoms with van der Waals surface area (Å²) in [6, 6.07) is 32.3. The molecule has 30 heavy (non-hydrogen) atoms. The number of hydrogen-bond donors (Lipinski definition) is 0. The molecule has 0 saturated carbocycles. The summed E-state index contributed by atoms with van der Waals surface area (Å²) in [6.07, 6.45) is 12.3. The summed E-state index contributed by atoms with van der Waals surface area (Å²) in [5.74, 6) is 0.497. The van der Waals surface area contributed by atoms with E-state index >= 15 is 0 Å². The Morgan fingerprint density at radius 1 is 0.700 bits per heavy atom. The van der Waals surface area contributed by atoms with Crippen molar-refractivity contribution in [1.29, 1.82) is 0 Å². The van der Waals surface area contributed by atoms with Crippen LogP contribution in [0.15, 0.2) is 116 Å². The van der Waals surface area contributed by atoms with Gasteiger partial charge in [0.25, 0.3) is 0 Å². The largest absolute Gasteiger partial charge is 0.319 e. The van der Waals surface area contributed by atoms with E-state index in [1.165, 1.54) is 28.8 Å². The zero-order valence-corrected chi connectivity index (χ0v) is 17.1. The van der Waals surface area contributed by atoms with E-state index in [1.54, 1.807) is 0 Å². The van der Waals surface area contributed by atoms with E-state index in [0.29, 0.717) is 5.92 Å². The first-order valence-electron chi connectivity index (χ1n) is 10.7. The van der Waals surface area contributed by atoms with Gasteiger partial charge in [-0.25, -0.2) is 4.98 Å². The molecule has 0 fully saturated rings. The first-order chi connectivity index (χ1) is 14.9. The molecule has 4 aromatic rings. The second-order valence-corrected chi connectivity index (χ2v) is 8.00. The number of hydrogen-bond acceptors (Lipinski definition) is 1. The minimum absolute atomic E-state index is 0.473. The maximum Gasteiger partial charge on any atom is 0.121 e. The van der Waals surface area contributed by atoms with Crippen LogP contribution in [0.5, 0.6) is 0 Å². The van der Waals surface area contributed by atoms with Crippen molar-refractivity contribution in [3.05, 3.63) is 138 Å². The lowest BCUT2D eigenvalue weighted by Gasteiger charge is -2.37. The van der Waals surface area contributed by atoms with Crippen LogP contribution in [0.4, 0.5) is 0 Å². The SMILES string of the molecule is C1=CC[C@@H](c2cn(C(c3ccccc3)(c3ccccc3)c3ccccc3)cn2)CC1. The number of imidazole rings is 1. The van der Waals surface area contributed by atoms with Gasteiger partial charge in [0.05, 0.1) is 12.0 Å². The highest BCUT2D eigenvalue weighted by atomic mass is 15.1. The van der Waals surface area contributed by atoms with Gasteiger partial charge < -0.3 is 4.57 Å². The van der Waals surface area contributed by atoms with Crippen molar-refractivity contribution in [1.82, 2.24) is 9.55 Å². The van der Waals surface area contributed by atoms with E-state index in [4.69, 9.17) is 4.98 Å². The smallest absolute Gasteiger partial charge is 0.121 e. The third-order valence-electron chi connectivity index (χ3n) is 6.25. The molecule has 0 N–H and O–H groups in total. The van der Waals surface area contributed by atoms with Crippen molar-refractivity contribution in [2.24, 2.45) is 0 Å². The lowest BCUT2D eigenvalue weighted by Crippen LogP contribution is -2.37. The molecule has 5 rings (SSSR count). The monoisotopic (exact) mass is 390 g/mol. The predicted octanol–water partition coefficient (Wildman–Crippen LogP) is 6.55. The minimum atomic E-state index is -0.473. The normalized spacial score (nSPS) is 16.5. The van der Waals surface area contributed by atoms with Gasteiger partial charge in [-0.1, -0.05) is 103 Å². The average molecular weight is 391 g/mol. The summed E-state index contributed by atoms with van der Waals surface area (Å²) in [5.41, 5.74) is 4.41. The fourth-order valence-corrected chi connectivity index (χ4v) is 4.78. The zero-order valence-electron chi connectivity index (χ0n) is 17.1. The third kappa shape index (κ3) is 3.19. The van der Waals surface area contributed by atoms with Gasteiger partial charge in [0.1, 0.15) is 5.54 Å². The highest BCUT2D eigenvalue weighted by molar-refractivity contribution is 5.50. The maximum atomic E-state index is 4.91. The van der Waals surface area contributed by atoms with Crippen LogP contribution in [0, 0.1) is 0 Å². The number of benzene rings is 3. The predicted molar refractivity (Wildman–Crippen MR) is 123 cm³/mol. The third-order valence-corrected chi connectivity index (χ3v) is 6.25. The average Bonchev–Trinajstić information content (AvgIpc) is 3.33. The molecular weight excluding hydrogens is 364 g/mol. The standard InChI is InChI=1S/C28H26N2/c1-5-13-23(14-6-1)27-21-30(22-29-27)28(24-15-7-2-8-16-24,25-17-9-3-10-18-25)26-19-11-4-12-20-26/h1-5,7-12,15-23H,6,13-14H2/t23-/m1/s1. The Kier molecular flexibility index (Phi) is 5.06. The molecular formula is C28H26N2. The van der Waals surface area contributed by atoms with E-state index in [9.17, 15) is 0 Å². The molecule has 2 heteroatoms. The van der Waals surface area contributed by atoms with Gasteiger partial charge in [0, 0.05) is 12.1 Å². The molecule has 2 nitrogen and oxygen atoms in total. The van der Waals surface area contributed by atoms with Gasteiger partial charge in [-0.2, -0.15) is 0 Å². The Balaban J connectivity index is 1.76. The molecule has 1 aromatic heterocycles. The van der Waals surface area contributed by atoms with Crippen molar-refractivity contribution in [3.63, 3.8) is 0 Å². The molecule has 148 valence electrons. The van der Waals surface area contributed by atoms with E-state index < -0.39 is 5.54 Å². The molecule has 0 spiro atoms. The van der Waals surface area contributed by atoms with Gasteiger partial charge in [0.2, 0.25) is 0 Å². The minimum Gasteiger partial charge on any atom is -0.319 e. The Labute approximate surface area is 178 Å². The molecule has 1 heterocycles. The summed E-state index contributed by atoms with van der Waals surface area (Å²) in [6.45, 7) is 0. The number of aromatic nitrogens is 2. The number of nitrogens with zero attached hydrogens (tertiary/aromatic N) is 2. The Morgan fingerprint density at radius 2 is 1.23 bits per heavy atom. The summed E-state index contributed by atoms with van der Waals surface area (Å²) in [5, 5.41) is 0. The van der Waals surface area contributed by atoms with Crippen LogP contribution in [0.2, 0.25) is 0 Å². The molecule has 1 atom stereocenters. The van der Waals surface area contributed by atoms with Crippen LogP contribution >= 0.6 is 0 Å². The Morgan fingerprint density at radius 3 is 1.70 bits per heavy atom. The lowest BCUT2D eigenvalue weighted by molar-refractivity contribution is 0.512. The molecule has 0 amide bonds. The zero-order chi connectivity index (χ0) is 20.2. The quantitative estimate of drug-likeness (QED) is 0.279. The highest BCUT2D eigenvalue weighted by Crippen LogP contribution is 2.41. The topological polar surface area (TPSA) is 17.8 Å². The maximum absolute atomic E-state index is 4.91. The van der Waals surface area contributed by atoms with Gasteiger partial charge in [0.15, 0.2) is 0 Å². The molecule has 1 aliphatic carbocycles. The summed E-state index contributed by atoms with van der Waals surface area (Å²) in [4.78, 5) is 4.91. The molecule has 0 radical (unpaired) electrons. The molecule has 1 aliphatic rings. The van der Waals surface area contributed by atoms with Crippen molar-refractivity contribution < 1.29 is 0 Å². The Bertz CT molecular complexity index is 1010. The molecule has 0 unspecified atom stereocenters. The van der Waals surface area contributed by atoms with E-state index in [1.807, 2.05) is 6.33 Å². The molecule has 0 bridgehead atoms. The summed E-state index contributed by atoms with van der Waals surface area (Å²) < 4.78 is 2.32. The van der Waals surface area contributed by atoms with Crippen LogP contribution in [0.25, 0.3) is 0 Å². The van der Waals surface area contributed by atoms with Crippen LogP contribution in [-0.4, -0.2) is 9.55 Å². The first kappa shape index (κ1) is 18.6. The second kappa shape index (κ2) is 8.16. The fraction of sp³-hybridized carbons (Fsp3) is 0.179. The van der Waals surface area contributed by atoms with E-state index in [2.05, 4.69) is 114 Å². The Hall–Kier alpha value is -3.39. The van der Waals surface area contributed by atoms with E-state index in [-0.39, 0.29) is 0 Å². The molecule has 0 aliphatic heterocycles. The van der Waals surface area contributed by atoms with Crippen molar-refractivity contribution in [2.75, 3.05) is 0 Å². The summed E-state index contributed by atoms with van der Waals surface area (Å²) >= 11 is 0. The van der Waals surface area contributed by atoms with Gasteiger partial charge in [-0.15, -0.1) is 0 Å².